The number of ether oxygens (including phenoxy) is 1. The number of anilines is 1. The summed E-state index contributed by atoms with van der Waals surface area (Å²) in [6, 6.07) is 1.18. The Balaban J connectivity index is 2.97. The minimum absolute atomic E-state index is 0.120. The lowest BCUT2D eigenvalue weighted by atomic mass is 10.5. The topological polar surface area (TPSA) is 73.1 Å². The van der Waals surface area contributed by atoms with Crippen molar-refractivity contribution in [3.8, 4) is 5.88 Å². The molecule has 1 heterocycles. The van der Waals surface area contributed by atoms with Crippen molar-refractivity contribution in [3.05, 3.63) is 24.0 Å². The molecule has 1 aromatic rings. The molecule has 0 amide bonds. The fourth-order valence-corrected chi connectivity index (χ4v) is 0.929. The first-order valence-electron chi connectivity index (χ1n) is 4.64. The summed E-state index contributed by atoms with van der Waals surface area (Å²) in [5, 5.41) is 0. The maximum absolute atomic E-state index is 12.4. The number of halogens is 3. The third kappa shape index (κ3) is 3.91. The molecule has 0 saturated heterocycles. The van der Waals surface area contributed by atoms with Crippen molar-refractivity contribution < 1.29 is 17.9 Å². The Hall–Kier alpha value is -1.83. The molecule has 8 heteroatoms. The highest BCUT2D eigenvalue weighted by Crippen LogP contribution is 2.28. The standard InChI is InChI=1S/C9H11F3N4O/c1-2-3-4-17-7-5-6(16-13)14-8(15-7)9(10,11)12/h2-3,5H,4,13H2,1H3,(H,14,15,16)/b3-2+. The smallest absolute Gasteiger partial charge is 0.451 e. The van der Waals surface area contributed by atoms with Gasteiger partial charge < -0.3 is 10.2 Å². The van der Waals surface area contributed by atoms with Gasteiger partial charge in [-0.25, -0.2) is 10.8 Å². The minimum Gasteiger partial charge on any atom is -0.473 e. The van der Waals surface area contributed by atoms with E-state index in [0.717, 1.165) is 0 Å². The third-order valence-electron chi connectivity index (χ3n) is 1.67. The molecule has 3 N–H and O–H groups in total. The molecule has 17 heavy (non-hydrogen) atoms. The predicted molar refractivity (Wildman–Crippen MR) is 55.2 cm³/mol. The fourth-order valence-electron chi connectivity index (χ4n) is 0.929. The number of hydrogen-bond acceptors (Lipinski definition) is 5. The summed E-state index contributed by atoms with van der Waals surface area (Å²) in [4.78, 5) is 6.42. The Morgan fingerprint density at radius 1 is 1.47 bits per heavy atom. The number of hydrazine groups is 1. The molecular formula is C9H11F3N4O. The molecule has 5 nitrogen and oxygen atoms in total. The summed E-state index contributed by atoms with van der Waals surface area (Å²) in [5.74, 6) is 3.35. The van der Waals surface area contributed by atoms with E-state index in [9.17, 15) is 13.2 Å². The Bertz CT molecular complexity index is 406. The maximum Gasteiger partial charge on any atom is 0.451 e. The van der Waals surface area contributed by atoms with E-state index in [4.69, 9.17) is 10.6 Å². The van der Waals surface area contributed by atoms with Crippen LogP contribution in [0.25, 0.3) is 0 Å². The number of nitrogens with one attached hydrogen (secondary N) is 1. The Morgan fingerprint density at radius 2 is 2.18 bits per heavy atom. The first kappa shape index (κ1) is 13.2. The summed E-state index contributed by atoms with van der Waals surface area (Å²) in [6.45, 7) is 1.88. The molecule has 0 aromatic carbocycles. The summed E-state index contributed by atoms with van der Waals surface area (Å²) >= 11 is 0. The normalized spacial score (nSPS) is 11.8. The first-order chi connectivity index (χ1) is 7.97. The first-order valence-corrected chi connectivity index (χ1v) is 4.64. The molecule has 0 fully saturated rings. The molecule has 0 atom stereocenters. The lowest BCUT2D eigenvalue weighted by molar-refractivity contribution is -0.145. The van der Waals surface area contributed by atoms with Crippen LogP contribution < -0.4 is 16.0 Å². The van der Waals surface area contributed by atoms with Crippen molar-refractivity contribution in [2.45, 2.75) is 13.1 Å². The van der Waals surface area contributed by atoms with Crippen LogP contribution in [0.5, 0.6) is 5.88 Å². The van der Waals surface area contributed by atoms with E-state index in [1.807, 2.05) is 5.43 Å². The number of nitrogen functional groups attached to an aromatic ring is 1. The van der Waals surface area contributed by atoms with E-state index in [2.05, 4.69) is 9.97 Å². The van der Waals surface area contributed by atoms with Crippen LogP contribution in [0.15, 0.2) is 18.2 Å². The molecule has 0 unspecified atom stereocenters. The average molecular weight is 248 g/mol. The van der Waals surface area contributed by atoms with Crippen LogP contribution in [0.3, 0.4) is 0 Å². The lowest BCUT2D eigenvalue weighted by Crippen LogP contribution is -2.16. The van der Waals surface area contributed by atoms with E-state index in [1.165, 1.54) is 6.07 Å². The Labute approximate surface area is 95.5 Å². The molecule has 94 valence electrons. The van der Waals surface area contributed by atoms with Crippen LogP contribution in [0.4, 0.5) is 19.0 Å². The van der Waals surface area contributed by atoms with Gasteiger partial charge in [-0.15, -0.1) is 0 Å². The predicted octanol–water partition coefficient (Wildman–Crippen LogP) is 1.74. The molecular weight excluding hydrogens is 237 g/mol. The van der Waals surface area contributed by atoms with Gasteiger partial charge in [0, 0.05) is 6.07 Å². The van der Waals surface area contributed by atoms with Gasteiger partial charge >= 0.3 is 6.18 Å². The molecule has 0 spiro atoms. The van der Waals surface area contributed by atoms with Gasteiger partial charge in [0.25, 0.3) is 0 Å². The van der Waals surface area contributed by atoms with Gasteiger partial charge in [0.1, 0.15) is 12.4 Å². The van der Waals surface area contributed by atoms with Crippen LogP contribution in [-0.4, -0.2) is 16.6 Å². The lowest BCUT2D eigenvalue weighted by Gasteiger charge is -2.09. The van der Waals surface area contributed by atoms with Crippen LogP contribution in [0.1, 0.15) is 12.7 Å². The molecule has 0 saturated carbocycles. The van der Waals surface area contributed by atoms with Crippen LogP contribution in [-0.2, 0) is 6.18 Å². The third-order valence-corrected chi connectivity index (χ3v) is 1.67. The number of aromatic nitrogens is 2. The van der Waals surface area contributed by atoms with Crippen LogP contribution in [0.2, 0.25) is 0 Å². The number of nitrogens with zero attached hydrogens (tertiary/aromatic N) is 2. The molecule has 0 aliphatic rings. The van der Waals surface area contributed by atoms with Gasteiger partial charge in [-0.3, -0.25) is 0 Å². The zero-order chi connectivity index (χ0) is 12.9. The zero-order valence-corrected chi connectivity index (χ0v) is 8.95. The molecule has 0 bridgehead atoms. The molecule has 1 aromatic heterocycles. The second-order valence-corrected chi connectivity index (χ2v) is 2.94. The Kier molecular flexibility index (Phi) is 4.27. The number of hydrogen-bond donors (Lipinski definition) is 2. The van der Waals surface area contributed by atoms with Crippen molar-refractivity contribution in [1.29, 1.82) is 0 Å². The number of allylic oxidation sites excluding steroid dienone is 1. The maximum atomic E-state index is 12.4. The van der Waals surface area contributed by atoms with E-state index >= 15 is 0 Å². The van der Waals surface area contributed by atoms with Crippen molar-refractivity contribution >= 4 is 5.82 Å². The number of alkyl halides is 3. The van der Waals surface area contributed by atoms with E-state index in [-0.39, 0.29) is 18.3 Å². The number of rotatable bonds is 4. The van der Waals surface area contributed by atoms with E-state index in [0.29, 0.717) is 0 Å². The van der Waals surface area contributed by atoms with Crippen molar-refractivity contribution in [1.82, 2.24) is 9.97 Å². The molecule has 1 rings (SSSR count). The van der Waals surface area contributed by atoms with Gasteiger partial charge in [-0.1, -0.05) is 12.2 Å². The van der Waals surface area contributed by atoms with Gasteiger partial charge in [0.2, 0.25) is 11.7 Å². The monoisotopic (exact) mass is 248 g/mol. The second kappa shape index (κ2) is 5.48. The van der Waals surface area contributed by atoms with E-state index < -0.39 is 12.0 Å². The minimum atomic E-state index is -4.65. The van der Waals surface area contributed by atoms with Gasteiger partial charge in [0.05, 0.1) is 0 Å². The highest BCUT2D eigenvalue weighted by atomic mass is 19.4. The van der Waals surface area contributed by atoms with Gasteiger partial charge in [0.15, 0.2) is 0 Å². The van der Waals surface area contributed by atoms with Crippen molar-refractivity contribution in [2.75, 3.05) is 12.0 Å². The van der Waals surface area contributed by atoms with Crippen molar-refractivity contribution in [3.63, 3.8) is 0 Å². The highest BCUT2D eigenvalue weighted by Gasteiger charge is 2.35. The molecule has 0 radical (unpaired) electrons. The van der Waals surface area contributed by atoms with Crippen LogP contribution in [0, 0.1) is 0 Å². The Morgan fingerprint density at radius 3 is 2.71 bits per heavy atom. The van der Waals surface area contributed by atoms with Gasteiger partial charge in [-0.05, 0) is 6.92 Å². The zero-order valence-electron chi connectivity index (χ0n) is 8.95. The largest absolute Gasteiger partial charge is 0.473 e. The second-order valence-electron chi connectivity index (χ2n) is 2.94. The summed E-state index contributed by atoms with van der Waals surface area (Å²) in [5.41, 5.74) is 2.02. The molecule has 0 aliphatic heterocycles. The van der Waals surface area contributed by atoms with Crippen molar-refractivity contribution in [2.24, 2.45) is 5.84 Å². The fraction of sp³-hybridized carbons (Fsp3) is 0.333. The molecule has 0 aliphatic carbocycles. The van der Waals surface area contributed by atoms with Crippen LogP contribution >= 0.6 is 0 Å². The van der Waals surface area contributed by atoms with Gasteiger partial charge in [-0.2, -0.15) is 18.2 Å². The summed E-state index contributed by atoms with van der Waals surface area (Å²) < 4.78 is 42.2. The number of nitrogens with two attached hydrogens (primary N) is 1. The summed E-state index contributed by atoms with van der Waals surface area (Å²) in [6.07, 6.45) is -1.32. The summed E-state index contributed by atoms with van der Waals surface area (Å²) in [7, 11) is 0. The quantitative estimate of drug-likeness (QED) is 0.482. The van der Waals surface area contributed by atoms with E-state index in [1.54, 1.807) is 19.1 Å². The average Bonchev–Trinajstić information content (AvgIpc) is 2.28. The highest BCUT2D eigenvalue weighted by molar-refractivity contribution is 5.37. The SMILES string of the molecule is C/C=C/COc1cc(NN)nc(C(F)(F)F)n1.